The van der Waals surface area contributed by atoms with E-state index in [4.69, 9.17) is 18.0 Å². The Hall–Kier alpha value is -1.20. The number of pyridine rings is 1. The van der Waals surface area contributed by atoms with E-state index in [0.29, 0.717) is 22.8 Å². The van der Waals surface area contributed by atoms with Gasteiger partial charge in [-0.05, 0) is 37.9 Å². The summed E-state index contributed by atoms with van der Waals surface area (Å²) < 4.78 is 0. The molecule has 2 unspecified atom stereocenters. The number of thiocarbonyl (C=S) groups is 1. The van der Waals surface area contributed by atoms with E-state index in [1.165, 1.54) is 38.8 Å². The van der Waals surface area contributed by atoms with Gasteiger partial charge < -0.3 is 11.1 Å². The first-order chi connectivity index (χ1) is 9.24. The molecule has 4 nitrogen and oxygen atoms in total. The van der Waals surface area contributed by atoms with Crippen molar-refractivity contribution < 1.29 is 0 Å². The SMILES string of the molecule is NC(=S)c1cc(NC2CCN3CCCCC23)ccn1. The zero-order valence-electron chi connectivity index (χ0n) is 11.0. The zero-order chi connectivity index (χ0) is 13.2. The van der Waals surface area contributed by atoms with Crippen LogP contribution in [0.15, 0.2) is 18.3 Å². The summed E-state index contributed by atoms with van der Waals surface area (Å²) in [6.07, 6.45) is 7.00. The smallest absolute Gasteiger partial charge is 0.122 e. The van der Waals surface area contributed by atoms with Gasteiger partial charge in [0.25, 0.3) is 0 Å². The molecule has 0 aromatic carbocycles. The molecule has 2 saturated heterocycles. The topological polar surface area (TPSA) is 54.2 Å². The summed E-state index contributed by atoms with van der Waals surface area (Å²) in [5.74, 6) is 0. The van der Waals surface area contributed by atoms with Crippen LogP contribution >= 0.6 is 12.2 Å². The van der Waals surface area contributed by atoms with Crippen LogP contribution < -0.4 is 11.1 Å². The number of piperidine rings is 1. The van der Waals surface area contributed by atoms with Gasteiger partial charge >= 0.3 is 0 Å². The third kappa shape index (κ3) is 2.72. The first kappa shape index (κ1) is 12.8. The second-order valence-electron chi connectivity index (χ2n) is 5.43. The van der Waals surface area contributed by atoms with Crippen LogP contribution in [0.25, 0.3) is 0 Å². The zero-order valence-corrected chi connectivity index (χ0v) is 11.8. The van der Waals surface area contributed by atoms with E-state index in [9.17, 15) is 0 Å². The molecule has 0 aliphatic carbocycles. The quantitative estimate of drug-likeness (QED) is 0.824. The minimum atomic E-state index is 0.356. The molecule has 1 aromatic rings. The Morgan fingerprint density at radius 3 is 3.11 bits per heavy atom. The summed E-state index contributed by atoms with van der Waals surface area (Å²) in [4.78, 5) is 7.16. The Morgan fingerprint density at radius 2 is 2.26 bits per heavy atom. The lowest BCUT2D eigenvalue weighted by Crippen LogP contribution is -2.41. The number of hydrogen-bond donors (Lipinski definition) is 2. The van der Waals surface area contributed by atoms with Gasteiger partial charge in [0.1, 0.15) is 4.99 Å². The van der Waals surface area contributed by atoms with E-state index >= 15 is 0 Å². The molecular formula is C14H20N4S. The molecule has 2 aliphatic heterocycles. The lowest BCUT2D eigenvalue weighted by Gasteiger charge is -2.33. The van der Waals surface area contributed by atoms with Crippen molar-refractivity contribution in [1.82, 2.24) is 9.88 Å². The summed E-state index contributed by atoms with van der Waals surface area (Å²) in [5.41, 5.74) is 7.40. The Morgan fingerprint density at radius 1 is 1.37 bits per heavy atom. The van der Waals surface area contributed by atoms with E-state index in [1.807, 2.05) is 12.1 Å². The molecule has 0 radical (unpaired) electrons. The van der Waals surface area contributed by atoms with Gasteiger partial charge in [0, 0.05) is 30.5 Å². The fourth-order valence-electron chi connectivity index (χ4n) is 3.28. The van der Waals surface area contributed by atoms with Crippen LogP contribution in [0, 0.1) is 0 Å². The molecule has 3 heterocycles. The Bertz CT molecular complexity index is 476. The highest BCUT2D eigenvalue weighted by atomic mass is 32.1. The summed E-state index contributed by atoms with van der Waals surface area (Å²) in [6.45, 7) is 2.48. The largest absolute Gasteiger partial charge is 0.388 e. The lowest BCUT2D eigenvalue weighted by molar-refractivity contribution is 0.193. The standard InChI is InChI=1S/C14H20N4S/c15-14(19)12-9-10(4-6-16-12)17-11-5-8-18-7-2-1-3-13(11)18/h4,6,9,11,13H,1-3,5,7-8H2,(H2,15,19)(H,16,17). The molecule has 2 fully saturated rings. The Kier molecular flexibility index (Phi) is 3.66. The number of nitrogens with two attached hydrogens (primary N) is 1. The van der Waals surface area contributed by atoms with Crippen molar-refractivity contribution in [3.05, 3.63) is 24.0 Å². The number of fused-ring (bicyclic) bond motifs is 1. The first-order valence-corrected chi connectivity index (χ1v) is 7.41. The summed E-state index contributed by atoms with van der Waals surface area (Å²) >= 11 is 4.98. The van der Waals surface area contributed by atoms with Crippen molar-refractivity contribution in [2.24, 2.45) is 5.73 Å². The highest BCUT2D eigenvalue weighted by molar-refractivity contribution is 7.80. The van der Waals surface area contributed by atoms with Crippen molar-refractivity contribution in [1.29, 1.82) is 0 Å². The van der Waals surface area contributed by atoms with Crippen LogP contribution in [-0.4, -0.2) is 40.0 Å². The third-order valence-electron chi connectivity index (χ3n) is 4.22. The van der Waals surface area contributed by atoms with Crippen LogP contribution in [0.3, 0.4) is 0 Å². The Labute approximate surface area is 119 Å². The number of hydrogen-bond acceptors (Lipinski definition) is 4. The molecule has 3 rings (SSSR count). The van der Waals surface area contributed by atoms with Gasteiger partial charge in [0.05, 0.1) is 5.69 Å². The molecule has 1 aromatic heterocycles. The first-order valence-electron chi connectivity index (χ1n) is 7.00. The molecule has 3 N–H and O–H groups in total. The third-order valence-corrected chi connectivity index (χ3v) is 4.43. The monoisotopic (exact) mass is 276 g/mol. The van der Waals surface area contributed by atoms with Crippen molar-refractivity contribution in [3.63, 3.8) is 0 Å². The minimum Gasteiger partial charge on any atom is -0.388 e. The predicted octanol–water partition coefficient (Wildman–Crippen LogP) is 1.75. The van der Waals surface area contributed by atoms with E-state index in [2.05, 4.69) is 15.2 Å². The van der Waals surface area contributed by atoms with E-state index in [0.717, 1.165) is 5.69 Å². The average molecular weight is 276 g/mol. The van der Waals surface area contributed by atoms with E-state index < -0.39 is 0 Å². The van der Waals surface area contributed by atoms with Crippen LogP contribution in [0.1, 0.15) is 31.4 Å². The second-order valence-corrected chi connectivity index (χ2v) is 5.87. The fourth-order valence-corrected chi connectivity index (χ4v) is 3.40. The number of rotatable bonds is 3. The molecule has 0 saturated carbocycles. The molecule has 5 heteroatoms. The number of nitrogens with one attached hydrogen (secondary N) is 1. The van der Waals surface area contributed by atoms with Gasteiger partial charge in [-0.25, -0.2) is 0 Å². The predicted molar refractivity (Wildman–Crippen MR) is 81.4 cm³/mol. The maximum atomic E-state index is 5.63. The van der Waals surface area contributed by atoms with Crippen molar-refractivity contribution in [2.75, 3.05) is 18.4 Å². The highest BCUT2D eigenvalue weighted by Gasteiger charge is 2.35. The van der Waals surface area contributed by atoms with Gasteiger partial charge in [-0.15, -0.1) is 0 Å². The molecule has 0 amide bonds. The molecule has 0 spiro atoms. The maximum Gasteiger partial charge on any atom is 0.122 e. The summed E-state index contributed by atoms with van der Waals surface area (Å²) in [5, 5.41) is 3.64. The number of aromatic nitrogens is 1. The molecule has 2 atom stereocenters. The van der Waals surface area contributed by atoms with Crippen molar-refractivity contribution >= 4 is 22.9 Å². The normalized spacial score (nSPS) is 26.9. The van der Waals surface area contributed by atoms with Crippen LogP contribution in [-0.2, 0) is 0 Å². The van der Waals surface area contributed by atoms with Crippen molar-refractivity contribution in [3.8, 4) is 0 Å². The average Bonchev–Trinajstić information content (AvgIpc) is 2.83. The van der Waals surface area contributed by atoms with Crippen molar-refractivity contribution in [2.45, 2.75) is 37.8 Å². The summed E-state index contributed by atoms with van der Waals surface area (Å²) in [7, 11) is 0. The van der Waals surface area contributed by atoms with Gasteiger partial charge in [0.2, 0.25) is 0 Å². The van der Waals surface area contributed by atoms with Gasteiger partial charge in [0.15, 0.2) is 0 Å². The van der Waals surface area contributed by atoms with Gasteiger partial charge in [-0.3, -0.25) is 9.88 Å². The molecule has 102 valence electrons. The van der Waals surface area contributed by atoms with E-state index in [-0.39, 0.29) is 0 Å². The highest BCUT2D eigenvalue weighted by Crippen LogP contribution is 2.29. The molecule has 2 aliphatic rings. The van der Waals surface area contributed by atoms with E-state index in [1.54, 1.807) is 6.20 Å². The van der Waals surface area contributed by atoms with Crippen LogP contribution in [0.4, 0.5) is 5.69 Å². The van der Waals surface area contributed by atoms with Crippen LogP contribution in [0.5, 0.6) is 0 Å². The molecular weight excluding hydrogens is 256 g/mol. The summed E-state index contributed by atoms with van der Waals surface area (Å²) in [6, 6.07) is 5.18. The molecule has 19 heavy (non-hydrogen) atoms. The van der Waals surface area contributed by atoms with Gasteiger partial charge in [-0.1, -0.05) is 18.6 Å². The Balaban J connectivity index is 1.71. The number of anilines is 1. The second kappa shape index (κ2) is 5.43. The molecule has 0 bridgehead atoms. The van der Waals surface area contributed by atoms with Gasteiger partial charge in [-0.2, -0.15) is 0 Å². The van der Waals surface area contributed by atoms with Crippen LogP contribution in [0.2, 0.25) is 0 Å². The lowest BCUT2D eigenvalue weighted by atomic mass is 9.99. The minimum absolute atomic E-state index is 0.356. The number of nitrogens with zero attached hydrogens (tertiary/aromatic N) is 2. The fraction of sp³-hybridized carbons (Fsp3) is 0.571. The maximum absolute atomic E-state index is 5.63.